The smallest absolute Gasteiger partial charge is 0.480 e. The number of carboxylic acid groups (broad SMARTS) is 1. The Labute approximate surface area is 247 Å². The Morgan fingerprint density at radius 2 is 1.12 bits per heavy atom. The lowest BCUT2D eigenvalue weighted by atomic mass is 9.68. The number of benzene rings is 4. The first kappa shape index (κ1) is 29.3. The Morgan fingerprint density at radius 3 is 1.50 bits per heavy atom. The van der Waals surface area contributed by atoms with Gasteiger partial charge in [0, 0.05) is 6.42 Å². The Kier molecular flexibility index (Phi) is 8.09. The minimum atomic E-state index is -1.27. The second-order valence-electron chi connectivity index (χ2n) is 11.7. The zero-order valence-electron chi connectivity index (χ0n) is 24.4. The van der Waals surface area contributed by atoms with E-state index in [0.717, 1.165) is 27.7 Å². The first-order valence-electron chi connectivity index (χ1n) is 14.2. The Morgan fingerprint density at radius 1 is 0.714 bits per heavy atom. The Hall–Kier alpha value is -4.20. The molecule has 0 aromatic heterocycles. The molecule has 2 N–H and O–H groups in total. The fourth-order valence-electron chi connectivity index (χ4n) is 5.45. The van der Waals surface area contributed by atoms with Crippen LogP contribution in [-0.2, 0) is 30.7 Å². The van der Waals surface area contributed by atoms with Crippen LogP contribution in [0.5, 0.6) is 0 Å². The number of carbonyl (C=O) groups is 2. The van der Waals surface area contributed by atoms with E-state index in [2.05, 4.69) is 5.32 Å². The summed E-state index contributed by atoms with van der Waals surface area (Å²) in [6.45, 7) is 8.01. The minimum Gasteiger partial charge on any atom is -0.480 e. The SMILES string of the molecule is CC1(C)OB(c2ccc(C[C@H](NC(=O)C(c3ccccc3)(c3ccccc3)c3ccccc3)C(=O)O)cc2)OC1(C)C. The van der Waals surface area contributed by atoms with Crippen LogP contribution in [0.25, 0.3) is 0 Å². The van der Waals surface area contributed by atoms with Crippen LogP contribution in [0.1, 0.15) is 49.9 Å². The number of amides is 1. The maximum Gasteiger partial charge on any atom is 0.494 e. The van der Waals surface area contributed by atoms with Crippen molar-refractivity contribution in [3.8, 4) is 0 Å². The molecule has 1 saturated heterocycles. The zero-order valence-corrected chi connectivity index (χ0v) is 24.4. The molecular weight excluding hydrogens is 525 g/mol. The molecule has 0 bridgehead atoms. The van der Waals surface area contributed by atoms with Crippen molar-refractivity contribution in [3.63, 3.8) is 0 Å². The highest BCUT2D eigenvalue weighted by Crippen LogP contribution is 2.40. The first-order valence-corrected chi connectivity index (χ1v) is 14.2. The summed E-state index contributed by atoms with van der Waals surface area (Å²) in [6, 6.07) is 34.8. The number of carboxylic acids is 1. The lowest BCUT2D eigenvalue weighted by Crippen LogP contribution is -2.52. The number of hydrogen-bond donors (Lipinski definition) is 2. The van der Waals surface area contributed by atoms with Crippen molar-refractivity contribution in [1.82, 2.24) is 5.32 Å². The number of rotatable bonds is 9. The molecule has 5 rings (SSSR count). The normalized spacial score (nSPS) is 16.5. The number of aliphatic carboxylic acids is 1. The van der Waals surface area contributed by atoms with Crippen LogP contribution in [0.4, 0.5) is 0 Å². The first-order chi connectivity index (χ1) is 20.0. The highest BCUT2D eigenvalue weighted by molar-refractivity contribution is 6.62. The predicted molar refractivity (Wildman–Crippen MR) is 165 cm³/mol. The topological polar surface area (TPSA) is 84.9 Å². The third-order valence-corrected chi connectivity index (χ3v) is 8.51. The van der Waals surface area contributed by atoms with Crippen molar-refractivity contribution >= 4 is 24.5 Å². The maximum absolute atomic E-state index is 14.5. The van der Waals surface area contributed by atoms with Crippen LogP contribution < -0.4 is 10.8 Å². The van der Waals surface area contributed by atoms with E-state index in [-0.39, 0.29) is 6.42 Å². The molecule has 6 nitrogen and oxygen atoms in total. The van der Waals surface area contributed by atoms with Crippen molar-refractivity contribution in [3.05, 3.63) is 138 Å². The van der Waals surface area contributed by atoms with Crippen molar-refractivity contribution < 1.29 is 24.0 Å². The Balaban J connectivity index is 1.46. The average molecular weight is 561 g/mol. The summed E-state index contributed by atoms with van der Waals surface area (Å²) in [5.41, 5.74) is 1.67. The molecule has 1 atom stereocenters. The van der Waals surface area contributed by atoms with Crippen molar-refractivity contribution in [1.29, 1.82) is 0 Å². The van der Waals surface area contributed by atoms with Gasteiger partial charge in [0.05, 0.1) is 11.2 Å². The summed E-state index contributed by atoms with van der Waals surface area (Å²) in [4.78, 5) is 27.1. The molecule has 214 valence electrons. The minimum absolute atomic E-state index is 0.110. The molecule has 1 heterocycles. The van der Waals surface area contributed by atoms with Gasteiger partial charge in [0.2, 0.25) is 5.91 Å². The summed E-state index contributed by atoms with van der Waals surface area (Å²) in [5, 5.41) is 13.2. The van der Waals surface area contributed by atoms with Crippen molar-refractivity contribution in [2.45, 2.75) is 56.8 Å². The van der Waals surface area contributed by atoms with E-state index in [1.807, 2.05) is 143 Å². The summed E-state index contributed by atoms with van der Waals surface area (Å²) in [6.07, 6.45) is 0.110. The molecule has 0 radical (unpaired) electrons. The average Bonchev–Trinajstić information content (AvgIpc) is 3.21. The van der Waals surface area contributed by atoms with Gasteiger partial charge in [-0.1, -0.05) is 115 Å². The van der Waals surface area contributed by atoms with Crippen LogP contribution in [0, 0.1) is 0 Å². The van der Waals surface area contributed by atoms with Crippen LogP contribution in [0.2, 0.25) is 0 Å². The number of carbonyl (C=O) groups excluding carboxylic acids is 1. The van der Waals surface area contributed by atoms with Gasteiger partial charge in [-0.15, -0.1) is 0 Å². The highest BCUT2D eigenvalue weighted by Gasteiger charge is 2.51. The van der Waals surface area contributed by atoms with E-state index < -0.39 is 41.7 Å². The number of nitrogens with one attached hydrogen (secondary N) is 1. The molecular formula is C35H36BNO5. The van der Waals surface area contributed by atoms with Gasteiger partial charge in [0.25, 0.3) is 0 Å². The molecule has 0 saturated carbocycles. The van der Waals surface area contributed by atoms with Gasteiger partial charge in [-0.05, 0) is 55.4 Å². The fourth-order valence-corrected chi connectivity index (χ4v) is 5.45. The fraction of sp³-hybridized carbons (Fsp3) is 0.257. The van der Waals surface area contributed by atoms with E-state index in [1.54, 1.807) is 0 Å². The molecule has 4 aromatic rings. The van der Waals surface area contributed by atoms with Gasteiger partial charge in [0.1, 0.15) is 11.5 Å². The number of hydrogen-bond acceptors (Lipinski definition) is 4. The van der Waals surface area contributed by atoms with Gasteiger partial charge >= 0.3 is 13.1 Å². The van der Waals surface area contributed by atoms with E-state index in [0.29, 0.717) is 0 Å². The molecule has 0 unspecified atom stereocenters. The summed E-state index contributed by atoms with van der Waals surface area (Å²) in [7, 11) is -0.512. The largest absolute Gasteiger partial charge is 0.494 e. The van der Waals surface area contributed by atoms with Crippen LogP contribution >= 0.6 is 0 Å². The predicted octanol–water partition coefficient (Wildman–Crippen LogP) is 5.13. The van der Waals surface area contributed by atoms with Crippen LogP contribution in [0.3, 0.4) is 0 Å². The van der Waals surface area contributed by atoms with E-state index in [4.69, 9.17) is 9.31 Å². The molecule has 0 aliphatic carbocycles. The van der Waals surface area contributed by atoms with Gasteiger partial charge < -0.3 is 19.7 Å². The van der Waals surface area contributed by atoms with Gasteiger partial charge in [-0.25, -0.2) is 4.79 Å². The second kappa shape index (κ2) is 11.6. The summed E-state index contributed by atoms with van der Waals surface area (Å²) >= 11 is 0. The lowest BCUT2D eigenvalue weighted by Gasteiger charge is -2.35. The highest BCUT2D eigenvalue weighted by atomic mass is 16.7. The zero-order chi connectivity index (χ0) is 30.0. The van der Waals surface area contributed by atoms with Crippen molar-refractivity contribution in [2.75, 3.05) is 0 Å². The molecule has 1 aliphatic heterocycles. The van der Waals surface area contributed by atoms with Gasteiger partial charge in [-0.3, -0.25) is 4.79 Å². The quantitative estimate of drug-likeness (QED) is 0.219. The Bertz CT molecular complexity index is 1410. The second-order valence-corrected chi connectivity index (χ2v) is 11.7. The molecule has 4 aromatic carbocycles. The van der Waals surface area contributed by atoms with Crippen molar-refractivity contribution in [2.24, 2.45) is 0 Å². The van der Waals surface area contributed by atoms with Gasteiger partial charge in [-0.2, -0.15) is 0 Å². The standard InChI is InChI=1S/C35H36BNO5/c1-33(2)34(3,4)42-36(41-33)29-22-20-25(21-23-29)24-30(31(38)39)37-32(40)35(26-14-8-5-9-15-26,27-16-10-6-11-17-27)28-18-12-7-13-19-28/h5-23,30H,24H2,1-4H3,(H,37,40)(H,38,39)/t30-/m0/s1. The third-order valence-electron chi connectivity index (χ3n) is 8.51. The lowest BCUT2D eigenvalue weighted by molar-refractivity contribution is -0.142. The summed E-state index contributed by atoms with van der Waals surface area (Å²) < 4.78 is 12.3. The van der Waals surface area contributed by atoms with Crippen LogP contribution in [-0.4, -0.2) is 41.3 Å². The third kappa shape index (κ3) is 5.50. The maximum atomic E-state index is 14.5. The molecule has 1 amide bonds. The molecule has 1 aliphatic rings. The molecule has 0 spiro atoms. The molecule has 42 heavy (non-hydrogen) atoms. The van der Waals surface area contributed by atoms with E-state index in [1.165, 1.54) is 0 Å². The summed E-state index contributed by atoms with van der Waals surface area (Å²) in [5.74, 6) is -1.52. The van der Waals surface area contributed by atoms with E-state index >= 15 is 0 Å². The monoisotopic (exact) mass is 561 g/mol. The van der Waals surface area contributed by atoms with Crippen LogP contribution in [0.15, 0.2) is 115 Å². The van der Waals surface area contributed by atoms with E-state index in [9.17, 15) is 14.7 Å². The molecule has 7 heteroatoms. The van der Waals surface area contributed by atoms with Gasteiger partial charge in [0.15, 0.2) is 0 Å². The molecule has 1 fully saturated rings.